The van der Waals surface area contributed by atoms with E-state index in [1.807, 2.05) is 37.4 Å². The van der Waals surface area contributed by atoms with E-state index in [2.05, 4.69) is 27.1 Å². The SMILES string of the molecule is CSc1cccc(NC(=O)c2c(C)sc3ncnc(N4CCC[C@@H](C)C4)c23)c1. The lowest BCUT2D eigenvalue weighted by atomic mass is 10.00. The highest BCUT2D eigenvalue weighted by atomic mass is 32.2. The van der Waals surface area contributed by atoms with Gasteiger partial charge in [0.15, 0.2) is 0 Å². The molecule has 1 aliphatic heterocycles. The Morgan fingerprint density at radius 3 is 3.00 bits per heavy atom. The highest BCUT2D eigenvalue weighted by molar-refractivity contribution is 7.98. The molecular weight excluding hydrogens is 388 g/mol. The fraction of sp³-hybridized carbons (Fsp3) is 0.381. The largest absolute Gasteiger partial charge is 0.356 e. The number of piperidine rings is 1. The van der Waals surface area contributed by atoms with Crippen LogP contribution in [0.2, 0.25) is 0 Å². The second-order valence-corrected chi connectivity index (χ2v) is 9.37. The number of benzene rings is 1. The molecule has 1 N–H and O–H groups in total. The minimum absolute atomic E-state index is 0.0943. The quantitative estimate of drug-likeness (QED) is 0.596. The zero-order valence-electron chi connectivity index (χ0n) is 16.4. The summed E-state index contributed by atoms with van der Waals surface area (Å²) in [6.07, 6.45) is 6.04. The van der Waals surface area contributed by atoms with Crippen molar-refractivity contribution in [3.63, 3.8) is 0 Å². The monoisotopic (exact) mass is 412 g/mol. The number of amides is 1. The Balaban J connectivity index is 1.73. The molecule has 0 aliphatic carbocycles. The number of anilines is 2. The molecule has 146 valence electrons. The van der Waals surface area contributed by atoms with Crippen LogP contribution in [0.1, 0.15) is 35.0 Å². The molecule has 4 rings (SSSR count). The summed E-state index contributed by atoms with van der Waals surface area (Å²) >= 11 is 3.22. The van der Waals surface area contributed by atoms with Crippen LogP contribution < -0.4 is 10.2 Å². The number of aromatic nitrogens is 2. The van der Waals surface area contributed by atoms with Crippen LogP contribution in [0.3, 0.4) is 0 Å². The number of nitrogens with one attached hydrogen (secondary N) is 1. The Kier molecular flexibility index (Phi) is 5.55. The summed E-state index contributed by atoms with van der Waals surface area (Å²) in [5.41, 5.74) is 1.50. The average Bonchev–Trinajstić information content (AvgIpc) is 3.04. The Hall–Kier alpha value is -2.12. The highest BCUT2D eigenvalue weighted by Gasteiger charge is 2.26. The van der Waals surface area contributed by atoms with Gasteiger partial charge in [0.05, 0.1) is 10.9 Å². The van der Waals surface area contributed by atoms with Gasteiger partial charge in [0, 0.05) is 28.5 Å². The van der Waals surface area contributed by atoms with Gasteiger partial charge in [-0.25, -0.2) is 9.97 Å². The van der Waals surface area contributed by atoms with Crippen LogP contribution in [-0.2, 0) is 0 Å². The van der Waals surface area contributed by atoms with E-state index in [0.29, 0.717) is 11.5 Å². The van der Waals surface area contributed by atoms with Crippen molar-refractivity contribution in [3.8, 4) is 0 Å². The lowest BCUT2D eigenvalue weighted by molar-refractivity contribution is 0.102. The number of aryl methyl sites for hydroxylation is 1. The maximum atomic E-state index is 13.2. The van der Waals surface area contributed by atoms with Crippen molar-refractivity contribution in [3.05, 3.63) is 41.0 Å². The number of carbonyl (C=O) groups is 1. The van der Waals surface area contributed by atoms with Crippen LogP contribution in [0.15, 0.2) is 35.5 Å². The van der Waals surface area contributed by atoms with Crippen molar-refractivity contribution >= 4 is 50.7 Å². The molecule has 3 heterocycles. The standard InChI is InChI=1S/C21H24N4OS2/c1-13-6-5-9-25(11-13)19-18-17(14(2)28-21(18)23-12-22-19)20(26)24-15-7-4-8-16(10-15)27-3/h4,7-8,10,12-13H,5-6,9,11H2,1-3H3,(H,24,26)/t13-/m1/s1. The summed E-state index contributed by atoms with van der Waals surface area (Å²) in [5, 5.41) is 3.96. The molecule has 0 bridgehead atoms. The Morgan fingerprint density at radius 1 is 1.36 bits per heavy atom. The number of carbonyl (C=O) groups excluding carboxylic acids is 1. The van der Waals surface area contributed by atoms with Gasteiger partial charge in [-0.3, -0.25) is 4.79 Å². The summed E-state index contributed by atoms with van der Waals surface area (Å²) in [7, 11) is 0. The van der Waals surface area contributed by atoms with Gasteiger partial charge in [0.25, 0.3) is 5.91 Å². The first kappa shape index (κ1) is 19.2. The van der Waals surface area contributed by atoms with E-state index < -0.39 is 0 Å². The van der Waals surface area contributed by atoms with Crippen LogP contribution >= 0.6 is 23.1 Å². The third-order valence-electron chi connectivity index (χ3n) is 5.16. The zero-order valence-corrected chi connectivity index (χ0v) is 18.0. The van der Waals surface area contributed by atoms with E-state index in [9.17, 15) is 4.79 Å². The maximum Gasteiger partial charge on any atom is 0.257 e. The van der Waals surface area contributed by atoms with Gasteiger partial charge >= 0.3 is 0 Å². The van der Waals surface area contributed by atoms with Crippen LogP contribution in [0.25, 0.3) is 10.2 Å². The van der Waals surface area contributed by atoms with E-state index in [1.165, 1.54) is 6.42 Å². The van der Waals surface area contributed by atoms with Crippen molar-refractivity contribution in [2.45, 2.75) is 31.6 Å². The van der Waals surface area contributed by atoms with Crippen molar-refractivity contribution < 1.29 is 4.79 Å². The number of rotatable bonds is 4. The minimum atomic E-state index is -0.0943. The summed E-state index contributed by atoms with van der Waals surface area (Å²) < 4.78 is 0. The van der Waals surface area contributed by atoms with Gasteiger partial charge in [0.2, 0.25) is 0 Å². The fourth-order valence-corrected chi connectivity index (χ4v) is 5.26. The summed E-state index contributed by atoms with van der Waals surface area (Å²) in [4.78, 5) is 27.6. The van der Waals surface area contributed by atoms with Crippen LogP contribution in [0.5, 0.6) is 0 Å². The zero-order chi connectivity index (χ0) is 19.7. The number of nitrogens with zero attached hydrogens (tertiary/aromatic N) is 3. The molecule has 1 aromatic carbocycles. The number of fused-ring (bicyclic) bond motifs is 1. The predicted octanol–water partition coefficient (Wildman–Crippen LogP) is 5.21. The lowest BCUT2D eigenvalue weighted by Crippen LogP contribution is -2.35. The molecule has 1 amide bonds. The molecule has 7 heteroatoms. The van der Waals surface area contributed by atoms with E-state index in [4.69, 9.17) is 0 Å². The van der Waals surface area contributed by atoms with Gasteiger partial charge in [-0.05, 0) is 50.1 Å². The van der Waals surface area contributed by atoms with Gasteiger partial charge in [-0.1, -0.05) is 13.0 Å². The highest BCUT2D eigenvalue weighted by Crippen LogP contribution is 2.36. The molecule has 0 saturated carbocycles. The molecule has 1 aliphatic rings. The third kappa shape index (κ3) is 3.73. The smallest absolute Gasteiger partial charge is 0.257 e. The molecule has 1 fully saturated rings. The normalized spacial score (nSPS) is 17.1. The topological polar surface area (TPSA) is 58.1 Å². The molecular formula is C21H24N4OS2. The van der Waals surface area contributed by atoms with Crippen LogP contribution in [0.4, 0.5) is 11.5 Å². The molecule has 0 unspecified atom stereocenters. The molecule has 2 aromatic heterocycles. The van der Waals surface area contributed by atoms with Crippen LogP contribution in [0, 0.1) is 12.8 Å². The van der Waals surface area contributed by atoms with E-state index >= 15 is 0 Å². The second kappa shape index (κ2) is 8.09. The number of thioether (sulfide) groups is 1. The molecule has 28 heavy (non-hydrogen) atoms. The molecule has 1 atom stereocenters. The van der Waals surface area contributed by atoms with Gasteiger partial charge in [-0.15, -0.1) is 23.1 Å². The fourth-order valence-electron chi connectivity index (χ4n) is 3.82. The predicted molar refractivity (Wildman–Crippen MR) is 119 cm³/mol. The lowest BCUT2D eigenvalue weighted by Gasteiger charge is -2.32. The first-order valence-corrected chi connectivity index (χ1v) is 11.6. The molecule has 5 nitrogen and oxygen atoms in total. The first-order chi connectivity index (χ1) is 13.6. The molecule has 0 radical (unpaired) electrons. The molecule has 1 saturated heterocycles. The Labute approximate surface area is 173 Å². The van der Waals surface area contributed by atoms with E-state index in [-0.39, 0.29) is 5.91 Å². The Morgan fingerprint density at radius 2 is 2.21 bits per heavy atom. The first-order valence-electron chi connectivity index (χ1n) is 9.51. The van der Waals surface area contributed by atoms with E-state index in [0.717, 1.165) is 51.0 Å². The van der Waals surface area contributed by atoms with Gasteiger partial charge in [-0.2, -0.15) is 0 Å². The number of thiophene rings is 1. The summed E-state index contributed by atoms with van der Waals surface area (Å²) in [6.45, 7) is 6.21. The molecule has 3 aromatic rings. The van der Waals surface area contributed by atoms with E-state index in [1.54, 1.807) is 29.4 Å². The van der Waals surface area contributed by atoms with Gasteiger partial charge < -0.3 is 10.2 Å². The van der Waals surface area contributed by atoms with Crippen molar-refractivity contribution in [2.24, 2.45) is 5.92 Å². The second-order valence-electron chi connectivity index (χ2n) is 7.29. The van der Waals surface area contributed by atoms with Crippen molar-refractivity contribution in [1.29, 1.82) is 0 Å². The number of hydrogen-bond acceptors (Lipinski definition) is 6. The molecule has 0 spiro atoms. The third-order valence-corrected chi connectivity index (χ3v) is 6.89. The van der Waals surface area contributed by atoms with Crippen molar-refractivity contribution in [2.75, 3.05) is 29.6 Å². The van der Waals surface area contributed by atoms with Crippen molar-refractivity contribution in [1.82, 2.24) is 9.97 Å². The Bertz CT molecular complexity index is 1020. The minimum Gasteiger partial charge on any atom is -0.356 e. The average molecular weight is 413 g/mol. The van der Waals surface area contributed by atoms with Gasteiger partial charge in [0.1, 0.15) is 17.0 Å². The maximum absolute atomic E-state index is 13.2. The summed E-state index contributed by atoms with van der Waals surface area (Å²) in [5.74, 6) is 1.43. The summed E-state index contributed by atoms with van der Waals surface area (Å²) in [6, 6.07) is 7.92. The van der Waals surface area contributed by atoms with Crippen LogP contribution in [-0.4, -0.2) is 35.2 Å². The number of hydrogen-bond donors (Lipinski definition) is 1.